The van der Waals surface area contributed by atoms with Crippen molar-refractivity contribution in [3.05, 3.63) is 54.0 Å². The molecule has 2 heterocycles. The van der Waals surface area contributed by atoms with E-state index in [4.69, 9.17) is 18.9 Å². The Labute approximate surface area is 201 Å². The maximum absolute atomic E-state index is 10.3. The number of benzene rings is 1. The quantitative estimate of drug-likeness (QED) is 0.254. The minimum atomic E-state index is -0.736. The number of rotatable bonds is 9. The number of aliphatic imine (C=N–C) groups is 1. The van der Waals surface area contributed by atoms with Crippen molar-refractivity contribution in [2.75, 3.05) is 53.0 Å². The van der Waals surface area contributed by atoms with Crippen LogP contribution in [0.15, 0.2) is 52.1 Å². The van der Waals surface area contributed by atoms with Gasteiger partial charge in [-0.25, -0.2) is 0 Å². The van der Waals surface area contributed by atoms with Crippen LogP contribution < -0.4 is 15.4 Å². The topological polar surface area (TPSA) is 91.5 Å². The number of nitrogens with zero attached hydrogens (tertiary/aromatic N) is 2. The molecule has 0 spiro atoms. The molecule has 1 aliphatic rings. The molecule has 1 aliphatic heterocycles. The molecule has 2 unspecified atom stereocenters. The molecule has 1 aromatic carbocycles. The van der Waals surface area contributed by atoms with E-state index in [1.54, 1.807) is 25.5 Å². The van der Waals surface area contributed by atoms with Gasteiger partial charge in [-0.2, -0.15) is 0 Å². The van der Waals surface area contributed by atoms with Gasteiger partial charge >= 0.3 is 0 Å². The molecule has 0 radical (unpaired) electrons. The number of nitrogens with one attached hydrogen (secondary N) is 2. The van der Waals surface area contributed by atoms with E-state index in [1.165, 1.54) is 5.56 Å². The second-order valence-corrected chi connectivity index (χ2v) is 7.07. The summed E-state index contributed by atoms with van der Waals surface area (Å²) in [6.45, 7) is 6.83. The summed E-state index contributed by atoms with van der Waals surface area (Å²) in [5.41, 5.74) is 1.19. The Bertz CT molecular complexity index is 764. The summed E-state index contributed by atoms with van der Waals surface area (Å²) in [4.78, 5) is 7.20. The fraction of sp³-hybridized carbons (Fsp3) is 0.500. The Hall–Kier alpha value is -1.82. The predicted octanol–water partition coefficient (Wildman–Crippen LogP) is 2.57. The van der Waals surface area contributed by atoms with E-state index in [9.17, 15) is 5.11 Å². The molecular formula is C22H33IN4O4. The van der Waals surface area contributed by atoms with Crippen LogP contribution >= 0.6 is 24.0 Å². The third-order valence-electron chi connectivity index (χ3n) is 5.09. The average Bonchev–Trinajstić information content (AvgIpc) is 3.33. The van der Waals surface area contributed by atoms with Crippen LogP contribution in [0.4, 0.5) is 0 Å². The van der Waals surface area contributed by atoms with Gasteiger partial charge < -0.3 is 29.6 Å². The van der Waals surface area contributed by atoms with Crippen molar-refractivity contribution in [2.45, 2.75) is 19.1 Å². The summed E-state index contributed by atoms with van der Waals surface area (Å²) in [5, 5.41) is 16.7. The third kappa shape index (κ3) is 7.67. The van der Waals surface area contributed by atoms with E-state index < -0.39 is 6.10 Å². The molecule has 3 rings (SSSR count). The van der Waals surface area contributed by atoms with E-state index in [0.29, 0.717) is 24.8 Å². The Morgan fingerprint density at radius 1 is 1.19 bits per heavy atom. The van der Waals surface area contributed by atoms with Crippen LogP contribution in [0, 0.1) is 0 Å². The number of guanidine groups is 1. The van der Waals surface area contributed by atoms with Crippen molar-refractivity contribution in [3.8, 4) is 5.75 Å². The van der Waals surface area contributed by atoms with Crippen LogP contribution in [0.3, 0.4) is 0 Å². The molecule has 9 heteroatoms. The lowest BCUT2D eigenvalue weighted by Gasteiger charge is -2.34. The maximum atomic E-state index is 10.3. The zero-order chi connectivity index (χ0) is 21.2. The highest BCUT2D eigenvalue weighted by molar-refractivity contribution is 14.0. The number of ether oxygens (including phenoxy) is 2. The van der Waals surface area contributed by atoms with E-state index in [0.717, 1.165) is 38.6 Å². The zero-order valence-electron chi connectivity index (χ0n) is 18.1. The highest BCUT2D eigenvalue weighted by atomic mass is 127. The highest BCUT2D eigenvalue weighted by Gasteiger charge is 2.23. The summed E-state index contributed by atoms with van der Waals surface area (Å²) in [6, 6.07) is 11.8. The molecule has 1 aromatic heterocycles. The molecule has 2 aromatic rings. The smallest absolute Gasteiger partial charge is 0.191 e. The fourth-order valence-corrected chi connectivity index (χ4v) is 3.44. The SMILES string of the molecule is CCNC(=NCC(c1ccc(OC)cc1)N1CCOCC1)NCC(O)c1ccco1.I. The summed E-state index contributed by atoms with van der Waals surface area (Å²) < 4.78 is 16.1. The van der Waals surface area contributed by atoms with Gasteiger partial charge in [-0.15, -0.1) is 24.0 Å². The molecular weight excluding hydrogens is 511 g/mol. The average molecular weight is 544 g/mol. The molecule has 0 saturated carbocycles. The number of hydrogen-bond acceptors (Lipinski definition) is 6. The highest BCUT2D eigenvalue weighted by Crippen LogP contribution is 2.24. The number of aliphatic hydroxyl groups is 1. The first kappa shape index (κ1) is 25.4. The first-order chi connectivity index (χ1) is 14.7. The van der Waals surface area contributed by atoms with Crippen LogP contribution in [-0.2, 0) is 4.74 Å². The molecule has 172 valence electrons. The van der Waals surface area contributed by atoms with Crippen molar-refractivity contribution in [1.82, 2.24) is 15.5 Å². The molecule has 8 nitrogen and oxygen atoms in total. The van der Waals surface area contributed by atoms with Crippen molar-refractivity contribution in [2.24, 2.45) is 4.99 Å². The van der Waals surface area contributed by atoms with Crippen LogP contribution in [0.2, 0.25) is 0 Å². The second kappa shape index (κ2) is 13.6. The van der Waals surface area contributed by atoms with E-state index >= 15 is 0 Å². The number of hydrogen-bond donors (Lipinski definition) is 3. The predicted molar refractivity (Wildman–Crippen MR) is 131 cm³/mol. The lowest BCUT2D eigenvalue weighted by Crippen LogP contribution is -2.42. The molecule has 1 fully saturated rings. The molecule has 0 bridgehead atoms. The number of methoxy groups -OCH3 is 1. The standard InChI is InChI=1S/C22H32N4O4.HI/c1-3-23-22(25-16-20(27)21-5-4-12-30-21)24-15-19(26-10-13-29-14-11-26)17-6-8-18(28-2)9-7-17;/h4-9,12,19-20,27H,3,10-11,13-16H2,1-2H3,(H2,23,24,25);1H. The van der Waals surface area contributed by atoms with Crippen molar-refractivity contribution < 1.29 is 19.0 Å². The van der Waals surface area contributed by atoms with Crippen molar-refractivity contribution in [3.63, 3.8) is 0 Å². The number of morpholine rings is 1. The zero-order valence-corrected chi connectivity index (χ0v) is 20.5. The summed E-state index contributed by atoms with van der Waals surface area (Å²) >= 11 is 0. The Morgan fingerprint density at radius 2 is 1.94 bits per heavy atom. The van der Waals surface area contributed by atoms with Gasteiger partial charge in [0, 0.05) is 19.6 Å². The van der Waals surface area contributed by atoms with Gasteiger partial charge in [-0.3, -0.25) is 9.89 Å². The van der Waals surface area contributed by atoms with E-state index in [2.05, 4.69) is 27.7 Å². The van der Waals surface area contributed by atoms with Gasteiger partial charge in [-0.05, 0) is 36.8 Å². The molecule has 1 saturated heterocycles. The largest absolute Gasteiger partial charge is 0.497 e. The number of furan rings is 1. The molecule has 31 heavy (non-hydrogen) atoms. The third-order valence-corrected chi connectivity index (χ3v) is 5.09. The van der Waals surface area contributed by atoms with Crippen molar-refractivity contribution in [1.29, 1.82) is 0 Å². The van der Waals surface area contributed by atoms with Crippen molar-refractivity contribution >= 4 is 29.9 Å². The molecule has 2 atom stereocenters. The van der Waals surface area contributed by atoms with Gasteiger partial charge in [0.25, 0.3) is 0 Å². The molecule has 0 aliphatic carbocycles. The Kier molecular flexibility index (Phi) is 11.1. The number of halogens is 1. The summed E-state index contributed by atoms with van der Waals surface area (Å²) in [7, 11) is 1.67. The maximum Gasteiger partial charge on any atom is 0.191 e. The Balaban J connectivity index is 0.00000341. The lowest BCUT2D eigenvalue weighted by molar-refractivity contribution is 0.0179. The molecule has 0 amide bonds. The van der Waals surface area contributed by atoms with Gasteiger partial charge in [0.2, 0.25) is 0 Å². The van der Waals surface area contributed by atoms with Crippen LogP contribution in [-0.4, -0.2) is 69.0 Å². The summed E-state index contributed by atoms with van der Waals surface area (Å²) in [5.74, 6) is 2.03. The fourth-order valence-electron chi connectivity index (χ4n) is 3.44. The molecule has 3 N–H and O–H groups in total. The Morgan fingerprint density at radius 3 is 2.55 bits per heavy atom. The van der Waals surface area contributed by atoms with Gasteiger partial charge in [-0.1, -0.05) is 12.1 Å². The minimum Gasteiger partial charge on any atom is -0.497 e. The van der Waals surface area contributed by atoms with Crippen LogP contribution in [0.25, 0.3) is 0 Å². The van der Waals surface area contributed by atoms with Crippen LogP contribution in [0.5, 0.6) is 5.75 Å². The monoisotopic (exact) mass is 544 g/mol. The normalized spacial score (nSPS) is 16.8. The van der Waals surface area contributed by atoms with Gasteiger partial charge in [0.15, 0.2) is 5.96 Å². The van der Waals surface area contributed by atoms with Gasteiger partial charge in [0.1, 0.15) is 17.6 Å². The van der Waals surface area contributed by atoms with Crippen LogP contribution in [0.1, 0.15) is 30.4 Å². The van der Waals surface area contributed by atoms with E-state index in [-0.39, 0.29) is 30.0 Å². The summed E-state index contributed by atoms with van der Waals surface area (Å²) in [6.07, 6.45) is 0.820. The first-order valence-electron chi connectivity index (χ1n) is 10.4. The number of aliphatic hydroxyl groups excluding tert-OH is 1. The lowest BCUT2D eigenvalue weighted by atomic mass is 10.0. The van der Waals surface area contributed by atoms with Gasteiger partial charge in [0.05, 0.1) is 45.7 Å². The second-order valence-electron chi connectivity index (χ2n) is 7.07. The first-order valence-corrected chi connectivity index (χ1v) is 10.4. The minimum absolute atomic E-state index is 0. The van der Waals surface area contributed by atoms with E-state index in [1.807, 2.05) is 19.1 Å².